The first-order valence-electron chi connectivity index (χ1n) is 9.92. The topological polar surface area (TPSA) is 64.1 Å². The molecular formula is C21H31N3O3. The second-order valence-corrected chi connectivity index (χ2v) is 8.05. The molecule has 27 heavy (non-hydrogen) atoms. The van der Waals surface area contributed by atoms with E-state index in [1.165, 1.54) is 11.1 Å². The van der Waals surface area contributed by atoms with Gasteiger partial charge in [-0.15, -0.1) is 0 Å². The minimum Gasteiger partial charge on any atom is -0.480 e. The number of hydrogen-bond donors (Lipinski definition) is 1. The summed E-state index contributed by atoms with van der Waals surface area (Å²) >= 11 is 0. The standard InChI is InChI=1S/C21H31N3O3/c1-16-3-5-17(6-4-16)13-24(19-7-8-19)20(25)14-23-11-9-18(10-12-23)22(2)15-21(26)27/h3-6,18-19H,7-15H2,1-2H3,(H,26,27). The number of carbonyl (C=O) groups is 2. The van der Waals surface area contributed by atoms with Gasteiger partial charge in [-0.1, -0.05) is 29.8 Å². The average molecular weight is 373 g/mol. The van der Waals surface area contributed by atoms with E-state index in [2.05, 4.69) is 36.1 Å². The van der Waals surface area contributed by atoms with E-state index in [4.69, 9.17) is 5.11 Å². The SMILES string of the molecule is Cc1ccc(CN(C(=O)CN2CCC(N(C)CC(=O)O)CC2)C2CC2)cc1. The van der Waals surface area contributed by atoms with Gasteiger partial charge in [0, 0.05) is 31.7 Å². The molecule has 1 saturated heterocycles. The maximum atomic E-state index is 12.9. The molecule has 2 fully saturated rings. The van der Waals surface area contributed by atoms with Crippen LogP contribution in [-0.4, -0.2) is 77.0 Å². The maximum absolute atomic E-state index is 12.9. The molecule has 1 amide bonds. The number of carboxylic acids is 1. The Labute approximate surface area is 161 Å². The predicted octanol–water partition coefficient (Wildman–Crippen LogP) is 1.97. The zero-order chi connectivity index (χ0) is 19.4. The highest BCUT2D eigenvalue weighted by atomic mass is 16.4. The first kappa shape index (κ1) is 19.8. The number of carboxylic acid groups (broad SMARTS) is 1. The second-order valence-electron chi connectivity index (χ2n) is 8.05. The van der Waals surface area contributed by atoms with Crippen molar-refractivity contribution in [3.8, 4) is 0 Å². The van der Waals surface area contributed by atoms with E-state index in [0.29, 0.717) is 25.2 Å². The minimum atomic E-state index is -0.786. The van der Waals surface area contributed by atoms with Crippen molar-refractivity contribution in [2.45, 2.75) is 51.2 Å². The normalized spacial score (nSPS) is 18.6. The van der Waals surface area contributed by atoms with Gasteiger partial charge in [-0.2, -0.15) is 0 Å². The van der Waals surface area contributed by atoms with Crippen LogP contribution in [0.25, 0.3) is 0 Å². The molecule has 148 valence electrons. The lowest BCUT2D eigenvalue weighted by Crippen LogP contribution is -2.48. The van der Waals surface area contributed by atoms with Crippen molar-refractivity contribution in [1.82, 2.24) is 14.7 Å². The van der Waals surface area contributed by atoms with Crippen LogP contribution < -0.4 is 0 Å². The third-order valence-corrected chi connectivity index (χ3v) is 5.71. The van der Waals surface area contributed by atoms with Crippen molar-refractivity contribution in [2.75, 3.05) is 33.2 Å². The van der Waals surface area contributed by atoms with Gasteiger partial charge in [-0.05, 0) is 45.2 Å². The molecule has 1 aromatic rings. The van der Waals surface area contributed by atoms with Crippen molar-refractivity contribution in [3.05, 3.63) is 35.4 Å². The van der Waals surface area contributed by atoms with Crippen molar-refractivity contribution in [1.29, 1.82) is 0 Å². The molecule has 0 atom stereocenters. The molecule has 6 nitrogen and oxygen atoms in total. The van der Waals surface area contributed by atoms with E-state index >= 15 is 0 Å². The van der Waals surface area contributed by atoms with Crippen LogP contribution in [0.1, 0.15) is 36.8 Å². The molecule has 6 heteroatoms. The van der Waals surface area contributed by atoms with Crippen LogP contribution in [0.3, 0.4) is 0 Å². The van der Waals surface area contributed by atoms with Gasteiger partial charge < -0.3 is 10.0 Å². The Balaban J connectivity index is 1.50. The van der Waals surface area contributed by atoms with Gasteiger partial charge in [-0.25, -0.2) is 0 Å². The first-order chi connectivity index (χ1) is 12.9. The molecule has 1 saturated carbocycles. The number of likely N-dealkylation sites (N-methyl/N-ethyl adjacent to an activating group) is 1. The highest BCUT2D eigenvalue weighted by molar-refractivity contribution is 5.79. The van der Waals surface area contributed by atoms with Crippen LogP contribution in [-0.2, 0) is 16.1 Å². The number of nitrogens with zero attached hydrogens (tertiary/aromatic N) is 3. The molecule has 0 unspecified atom stereocenters. The Kier molecular flexibility index (Phi) is 6.50. The largest absolute Gasteiger partial charge is 0.480 e. The third kappa shape index (κ3) is 5.78. The Morgan fingerprint density at radius 2 is 1.70 bits per heavy atom. The molecule has 1 heterocycles. The summed E-state index contributed by atoms with van der Waals surface area (Å²) in [6.45, 7) is 5.02. The molecule has 3 rings (SSSR count). The molecule has 1 aliphatic heterocycles. The van der Waals surface area contributed by atoms with E-state index in [-0.39, 0.29) is 12.5 Å². The summed E-state index contributed by atoms with van der Waals surface area (Å²) in [6, 6.07) is 9.12. The van der Waals surface area contributed by atoms with Gasteiger partial charge in [0.1, 0.15) is 0 Å². The fraction of sp³-hybridized carbons (Fsp3) is 0.619. The molecule has 0 spiro atoms. The quantitative estimate of drug-likeness (QED) is 0.755. The van der Waals surface area contributed by atoms with Crippen molar-refractivity contribution < 1.29 is 14.7 Å². The van der Waals surface area contributed by atoms with Gasteiger partial charge >= 0.3 is 5.97 Å². The lowest BCUT2D eigenvalue weighted by molar-refractivity contribution is -0.138. The Hall–Kier alpha value is -1.92. The van der Waals surface area contributed by atoms with Crippen LogP contribution in [0.15, 0.2) is 24.3 Å². The highest BCUT2D eigenvalue weighted by Gasteiger charge is 2.34. The number of aliphatic carboxylic acids is 1. The number of rotatable bonds is 8. The summed E-state index contributed by atoms with van der Waals surface area (Å²) in [5.74, 6) is -0.568. The Morgan fingerprint density at radius 3 is 2.26 bits per heavy atom. The smallest absolute Gasteiger partial charge is 0.317 e. The van der Waals surface area contributed by atoms with Crippen LogP contribution in [0, 0.1) is 6.92 Å². The van der Waals surface area contributed by atoms with E-state index in [1.807, 2.05) is 16.8 Å². The third-order valence-electron chi connectivity index (χ3n) is 5.71. The van der Waals surface area contributed by atoms with E-state index in [1.54, 1.807) is 0 Å². The minimum absolute atomic E-state index is 0.0790. The number of piperidine rings is 1. The summed E-state index contributed by atoms with van der Waals surface area (Å²) in [7, 11) is 1.87. The number of aryl methyl sites for hydroxylation is 1. The van der Waals surface area contributed by atoms with Crippen molar-refractivity contribution >= 4 is 11.9 Å². The average Bonchev–Trinajstić information content (AvgIpc) is 3.46. The van der Waals surface area contributed by atoms with Gasteiger partial charge in [0.25, 0.3) is 0 Å². The first-order valence-corrected chi connectivity index (χ1v) is 9.92. The zero-order valence-corrected chi connectivity index (χ0v) is 16.4. The molecular weight excluding hydrogens is 342 g/mol. The maximum Gasteiger partial charge on any atom is 0.317 e. The van der Waals surface area contributed by atoms with Crippen molar-refractivity contribution in [3.63, 3.8) is 0 Å². The number of likely N-dealkylation sites (tertiary alicyclic amines) is 1. The van der Waals surface area contributed by atoms with E-state index in [9.17, 15) is 9.59 Å². The molecule has 1 aliphatic carbocycles. The summed E-state index contributed by atoms with van der Waals surface area (Å²) in [5, 5.41) is 8.94. The van der Waals surface area contributed by atoms with Gasteiger partial charge in [-0.3, -0.25) is 19.4 Å². The van der Waals surface area contributed by atoms with Gasteiger partial charge in [0.05, 0.1) is 13.1 Å². The van der Waals surface area contributed by atoms with Gasteiger partial charge in [0.15, 0.2) is 0 Å². The van der Waals surface area contributed by atoms with Crippen LogP contribution in [0.5, 0.6) is 0 Å². The second kappa shape index (κ2) is 8.85. The number of benzene rings is 1. The summed E-state index contributed by atoms with van der Waals surface area (Å²) in [5.41, 5.74) is 2.42. The Morgan fingerprint density at radius 1 is 1.07 bits per heavy atom. The van der Waals surface area contributed by atoms with Crippen LogP contribution in [0.2, 0.25) is 0 Å². The monoisotopic (exact) mass is 373 g/mol. The fourth-order valence-electron chi connectivity index (χ4n) is 3.84. The highest BCUT2D eigenvalue weighted by Crippen LogP contribution is 2.29. The fourth-order valence-corrected chi connectivity index (χ4v) is 3.84. The van der Waals surface area contributed by atoms with Crippen LogP contribution >= 0.6 is 0 Å². The molecule has 0 aromatic heterocycles. The molecule has 1 aromatic carbocycles. The van der Waals surface area contributed by atoms with E-state index < -0.39 is 5.97 Å². The van der Waals surface area contributed by atoms with Gasteiger partial charge in [0.2, 0.25) is 5.91 Å². The number of carbonyl (C=O) groups excluding carboxylic acids is 1. The van der Waals surface area contributed by atoms with E-state index in [0.717, 1.165) is 38.8 Å². The summed E-state index contributed by atoms with van der Waals surface area (Å²) in [4.78, 5) is 30.0. The van der Waals surface area contributed by atoms with Crippen molar-refractivity contribution in [2.24, 2.45) is 0 Å². The summed E-state index contributed by atoms with van der Waals surface area (Å²) < 4.78 is 0. The lowest BCUT2D eigenvalue weighted by Gasteiger charge is -2.36. The zero-order valence-electron chi connectivity index (χ0n) is 16.4. The Bertz CT molecular complexity index is 649. The molecule has 2 aliphatic rings. The summed E-state index contributed by atoms with van der Waals surface area (Å²) in [6.07, 6.45) is 4.05. The molecule has 0 radical (unpaired) electrons. The predicted molar refractivity (Wildman–Crippen MR) is 104 cm³/mol. The lowest BCUT2D eigenvalue weighted by atomic mass is 10.0. The number of amides is 1. The number of hydrogen-bond acceptors (Lipinski definition) is 4. The molecule has 0 bridgehead atoms. The van der Waals surface area contributed by atoms with Crippen LogP contribution in [0.4, 0.5) is 0 Å². The molecule has 1 N–H and O–H groups in total.